The third-order valence-corrected chi connectivity index (χ3v) is 2.82. The van der Waals surface area contributed by atoms with Gasteiger partial charge in [0.1, 0.15) is 5.75 Å². The Morgan fingerprint density at radius 2 is 1.67 bits per heavy atom. The zero-order chi connectivity index (χ0) is 13.9. The zero-order valence-electron chi connectivity index (χ0n) is 12.2. The Hall–Kier alpha value is -1.51. The van der Waals surface area contributed by atoms with Crippen LogP contribution in [0.1, 0.15) is 33.3 Å². The fraction of sp³-hybridized carbons (Fsp3) is 0.533. The Labute approximate surface area is 110 Å². The molecule has 0 aliphatic heterocycles. The Kier molecular flexibility index (Phi) is 4.38. The maximum absolute atomic E-state index is 11.7. The number of carbonyl (C=O) groups excluding carboxylic acids is 1. The number of carbonyl (C=O) groups is 1. The molecule has 0 bridgehead atoms. The predicted molar refractivity (Wildman–Crippen MR) is 73.9 cm³/mol. The van der Waals surface area contributed by atoms with Crippen LogP contribution in [0.4, 0.5) is 0 Å². The minimum Gasteiger partial charge on any atom is -0.481 e. The van der Waals surface area contributed by atoms with Gasteiger partial charge in [0.2, 0.25) is 0 Å². The van der Waals surface area contributed by atoms with Crippen molar-refractivity contribution in [2.45, 2.75) is 39.2 Å². The molecule has 100 valence electrons. The fourth-order valence-electron chi connectivity index (χ4n) is 1.65. The van der Waals surface area contributed by atoms with E-state index in [4.69, 9.17) is 4.74 Å². The number of hydrogen-bond donors (Lipinski definition) is 0. The van der Waals surface area contributed by atoms with Crippen molar-refractivity contribution in [3.05, 3.63) is 29.8 Å². The van der Waals surface area contributed by atoms with Crippen molar-refractivity contribution in [2.75, 3.05) is 14.1 Å². The summed E-state index contributed by atoms with van der Waals surface area (Å²) in [4.78, 5) is 13.2. The van der Waals surface area contributed by atoms with E-state index in [2.05, 4.69) is 20.8 Å². The second kappa shape index (κ2) is 5.42. The van der Waals surface area contributed by atoms with Crippen LogP contribution in [0.25, 0.3) is 0 Å². The van der Waals surface area contributed by atoms with Gasteiger partial charge in [-0.2, -0.15) is 0 Å². The lowest BCUT2D eigenvalue weighted by Gasteiger charge is -2.21. The quantitative estimate of drug-likeness (QED) is 0.824. The third-order valence-electron chi connectivity index (χ3n) is 2.82. The molecule has 1 aromatic carbocycles. The van der Waals surface area contributed by atoms with Gasteiger partial charge in [0, 0.05) is 14.1 Å². The van der Waals surface area contributed by atoms with Crippen molar-refractivity contribution in [1.82, 2.24) is 4.90 Å². The zero-order valence-corrected chi connectivity index (χ0v) is 12.2. The molecule has 0 fully saturated rings. The normalized spacial score (nSPS) is 13.0. The number of rotatable bonds is 3. The van der Waals surface area contributed by atoms with Crippen LogP contribution in [0.2, 0.25) is 0 Å². The van der Waals surface area contributed by atoms with Gasteiger partial charge in [0.05, 0.1) is 0 Å². The van der Waals surface area contributed by atoms with Gasteiger partial charge in [-0.05, 0) is 30.0 Å². The van der Waals surface area contributed by atoms with E-state index in [0.717, 1.165) is 5.75 Å². The maximum atomic E-state index is 11.7. The van der Waals surface area contributed by atoms with Crippen molar-refractivity contribution in [1.29, 1.82) is 0 Å². The van der Waals surface area contributed by atoms with Crippen LogP contribution >= 0.6 is 0 Å². The van der Waals surface area contributed by atoms with E-state index in [1.54, 1.807) is 21.0 Å². The van der Waals surface area contributed by atoms with Gasteiger partial charge in [-0.1, -0.05) is 32.9 Å². The topological polar surface area (TPSA) is 29.5 Å². The highest BCUT2D eigenvalue weighted by Gasteiger charge is 2.17. The number of likely N-dealkylation sites (N-methyl/N-ethyl adjacent to an activating group) is 1. The van der Waals surface area contributed by atoms with Crippen molar-refractivity contribution in [3.63, 3.8) is 0 Å². The summed E-state index contributed by atoms with van der Waals surface area (Å²) in [6.45, 7) is 8.27. The summed E-state index contributed by atoms with van der Waals surface area (Å²) < 4.78 is 5.61. The molecule has 0 unspecified atom stereocenters. The molecule has 3 heteroatoms. The van der Waals surface area contributed by atoms with E-state index in [-0.39, 0.29) is 11.3 Å². The molecular formula is C15H23NO2. The molecule has 0 aromatic heterocycles. The Morgan fingerprint density at radius 1 is 1.17 bits per heavy atom. The average molecular weight is 249 g/mol. The first-order valence-electron chi connectivity index (χ1n) is 6.20. The highest BCUT2D eigenvalue weighted by Crippen LogP contribution is 2.24. The van der Waals surface area contributed by atoms with Crippen LogP contribution in [-0.2, 0) is 10.2 Å². The molecule has 1 atom stereocenters. The summed E-state index contributed by atoms with van der Waals surface area (Å²) in [6.07, 6.45) is -0.458. The second-order valence-corrected chi connectivity index (χ2v) is 5.77. The number of hydrogen-bond acceptors (Lipinski definition) is 2. The minimum atomic E-state index is -0.458. The summed E-state index contributed by atoms with van der Waals surface area (Å²) in [5.41, 5.74) is 1.38. The molecule has 1 aromatic rings. The molecule has 0 aliphatic rings. The molecule has 1 amide bonds. The summed E-state index contributed by atoms with van der Waals surface area (Å²) in [6, 6.07) is 7.92. The summed E-state index contributed by atoms with van der Waals surface area (Å²) in [5.74, 6) is 0.695. The van der Waals surface area contributed by atoms with Crippen LogP contribution in [0.5, 0.6) is 5.75 Å². The second-order valence-electron chi connectivity index (χ2n) is 5.77. The fourth-order valence-corrected chi connectivity index (χ4v) is 1.65. The maximum Gasteiger partial charge on any atom is 0.262 e. The molecule has 3 nitrogen and oxygen atoms in total. The first-order chi connectivity index (χ1) is 8.21. The van der Waals surface area contributed by atoms with Crippen molar-refractivity contribution in [3.8, 4) is 5.75 Å². The highest BCUT2D eigenvalue weighted by atomic mass is 16.5. The van der Waals surface area contributed by atoms with E-state index >= 15 is 0 Å². The van der Waals surface area contributed by atoms with Gasteiger partial charge in [-0.15, -0.1) is 0 Å². The average Bonchev–Trinajstić information content (AvgIpc) is 2.27. The molecule has 0 saturated carbocycles. The third kappa shape index (κ3) is 3.76. The van der Waals surface area contributed by atoms with E-state index < -0.39 is 6.10 Å². The SMILES string of the molecule is C[C@@H](Oc1ccc(C(C)(C)C)cc1)C(=O)N(C)C. The van der Waals surface area contributed by atoms with Crippen LogP contribution in [-0.4, -0.2) is 31.0 Å². The molecular weight excluding hydrogens is 226 g/mol. The lowest BCUT2D eigenvalue weighted by Crippen LogP contribution is -2.35. The number of benzene rings is 1. The first-order valence-corrected chi connectivity index (χ1v) is 6.20. The molecule has 0 N–H and O–H groups in total. The highest BCUT2D eigenvalue weighted by molar-refractivity contribution is 5.80. The van der Waals surface area contributed by atoms with Crippen LogP contribution in [0.15, 0.2) is 24.3 Å². The molecule has 0 heterocycles. The van der Waals surface area contributed by atoms with E-state index in [1.807, 2.05) is 24.3 Å². The monoisotopic (exact) mass is 249 g/mol. The molecule has 1 rings (SSSR count). The Morgan fingerprint density at radius 3 is 2.06 bits per heavy atom. The van der Waals surface area contributed by atoms with E-state index in [0.29, 0.717) is 0 Å². The van der Waals surface area contributed by atoms with Crippen LogP contribution in [0.3, 0.4) is 0 Å². The standard InChI is InChI=1S/C15H23NO2/c1-11(14(17)16(5)6)18-13-9-7-12(8-10-13)15(2,3)4/h7-11H,1-6H3/t11-/m1/s1. The van der Waals surface area contributed by atoms with Crippen LogP contribution in [0, 0.1) is 0 Å². The van der Waals surface area contributed by atoms with Gasteiger partial charge < -0.3 is 9.64 Å². The smallest absolute Gasteiger partial charge is 0.262 e. The van der Waals surface area contributed by atoms with Crippen molar-refractivity contribution < 1.29 is 9.53 Å². The predicted octanol–water partition coefficient (Wildman–Crippen LogP) is 2.84. The van der Waals surface area contributed by atoms with Gasteiger partial charge in [-0.25, -0.2) is 0 Å². The largest absolute Gasteiger partial charge is 0.481 e. The van der Waals surface area contributed by atoms with Gasteiger partial charge in [0.25, 0.3) is 5.91 Å². The van der Waals surface area contributed by atoms with Gasteiger partial charge in [0.15, 0.2) is 6.10 Å². The lowest BCUT2D eigenvalue weighted by atomic mass is 9.87. The Balaban J connectivity index is 2.73. The summed E-state index contributed by atoms with van der Waals surface area (Å²) >= 11 is 0. The van der Waals surface area contributed by atoms with Gasteiger partial charge in [-0.3, -0.25) is 4.79 Å². The number of ether oxygens (including phenoxy) is 1. The lowest BCUT2D eigenvalue weighted by molar-refractivity contribution is -0.135. The summed E-state index contributed by atoms with van der Waals surface area (Å²) in [5, 5.41) is 0. The van der Waals surface area contributed by atoms with Crippen molar-refractivity contribution >= 4 is 5.91 Å². The van der Waals surface area contributed by atoms with Crippen molar-refractivity contribution in [2.24, 2.45) is 0 Å². The van der Waals surface area contributed by atoms with E-state index in [9.17, 15) is 4.79 Å². The Bertz CT molecular complexity index is 401. The minimum absolute atomic E-state index is 0.0325. The summed E-state index contributed by atoms with van der Waals surface area (Å²) in [7, 11) is 3.45. The number of amides is 1. The molecule has 0 aliphatic carbocycles. The first kappa shape index (κ1) is 14.6. The van der Waals surface area contributed by atoms with Crippen LogP contribution < -0.4 is 4.74 Å². The molecule has 0 radical (unpaired) electrons. The number of nitrogens with zero attached hydrogens (tertiary/aromatic N) is 1. The van der Waals surface area contributed by atoms with E-state index in [1.165, 1.54) is 10.5 Å². The van der Waals surface area contributed by atoms with Gasteiger partial charge >= 0.3 is 0 Å². The molecule has 0 spiro atoms. The molecule has 0 saturated heterocycles. The molecule has 18 heavy (non-hydrogen) atoms.